The number of aliphatic hydroxyl groups is 3. The first kappa shape index (κ1) is 21.9. The summed E-state index contributed by atoms with van der Waals surface area (Å²) >= 11 is 0. The minimum absolute atomic E-state index is 0. The van der Waals surface area contributed by atoms with E-state index in [0.717, 1.165) is 0 Å². The zero-order valence-corrected chi connectivity index (χ0v) is 8.97. The third-order valence-electron chi connectivity index (χ3n) is 1.25. The quantitative estimate of drug-likeness (QED) is 0.254. The molecule has 8 nitrogen and oxygen atoms in total. The Morgan fingerprint density at radius 2 is 1.00 bits per heavy atom. The van der Waals surface area contributed by atoms with Crippen LogP contribution in [0.4, 0.5) is 0 Å². The van der Waals surface area contributed by atoms with Crippen molar-refractivity contribution in [3.8, 4) is 0 Å². The van der Waals surface area contributed by atoms with Crippen molar-refractivity contribution in [2.45, 2.75) is 0 Å². The Hall–Kier alpha value is 0.710. The molecule has 0 fully saturated rings. The monoisotopic (exact) mass is 271 g/mol. The van der Waals surface area contributed by atoms with Gasteiger partial charge in [0.1, 0.15) is 0 Å². The molecule has 0 unspecified atom stereocenters. The standard InChI is InChI=1S/C6H15NO3.Na.H2O4S.H/c8-4-1-7(2-5-9)3-6-10;;1-5(2,3)4;/h8-10H,1-6H2;;(H2,1,2,3,4);. The molecule has 0 saturated heterocycles. The molecule has 0 aromatic heterocycles. The summed E-state index contributed by atoms with van der Waals surface area (Å²) in [5, 5.41) is 25.5. The molecule has 0 spiro atoms. The summed E-state index contributed by atoms with van der Waals surface area (Å²) in [7, 11) is -4.67. The molecule has 16 heavy (non-hydrogen) atoms. The van der Waals surface area contributed by atoms with E-state index < -0.39 is 10.4 Å². The normalized spacial score (nSPS) is 10.4. The average molecular weight is 271 g/mol. The van der Waals surface area contributed by atoms with Crippen LogP contribution in [0.2, 0.25) is 0 Å². The summed E-state index contributed by atoms with van der Waals surface area (Å²) in [5.74, 6) is 0. The summed E-state index contributed by atoms with van der Waals surface area (Å²) in [6.07, 6.45) is 0. The van der Waals surface area contributed by atoms with Gasteiger partial charge in [0, 0.05) is 19.6 Å². The Labute approximate surface area is 117 Å². The van der Waals surface area contributed by atoms with Gasteiger partial charge in [-0.25, -0.2) is 0 Å². The van der Waals surface area contributed by atoms with Gasteiger partial charge < -0.3 is 15.3 Å². The van der Waals surface area contributed by atoms with E-state index >= 15 is 0 Å². The Balaban J connectivity index is -0.000000242. The molecule has 0 bridgehead atoms. The van der Waals surface area contributed by atoms with Gasteiger partial charge in [-0.15, -0.1) is 0 Å². The fourth-order valence-electron chi connectivity index (χ4n) is 0.760. The van der Waals surface area contributed by atoms with Crippen molar-refractivity contribution in [3.63, 3.8) is 0 Å². The van der Waals surface area contributed by atoms with Crippen molar-refractivity contribution in [1.82, 2.24) is 4.90 Å². The van der Waals surface area contributed by atoms with Crippen LogP contribution in [-0.2, 0) is 10.4 Å². The van der Waals surface area contributed by atoms with Crippen molar-refractivity contribution in [1.29, 1.82) is 0 Å². The fraction of sp³-hybridized carbons (Fsp3) is 1.00. The van der Waals surface area contributed by atoms with Crippen molar-refractivity contribution in [2.24, 2.45) is 0 Å². The van der Waals surface area contributed by atoms with Gasteiger partial charge in [0.05, 0.1) is 19.8 Å². The fourth-order valence-corrected chi connectivity index (χ4v) is 0.760. The molecule has 0 aromatic carbocycles. The molecule has 0 aliphatic heterocycles. The number of rotatable bonds is 6. The van der Waals surface area contributed by atoms with Gasteiger partial charge in [-0.1, -0.05) is 0 Å². The molecule has 0 rings (SSSR count). The number of nitrogens with zero attached hydrogens (tertiary/aromatic N) is 1. The van der Waals surface area contributed by atoms with Gasteiger partial charge in [0.2, 0.25) is 0 Å². The van der Waals surface area contributed by atoms with Gasteiger partial charge >= 0.3 is 40.0 Å². The van der Waals surface area contributed by atoms with E-state index in [0.29, 0.717) is 19.6 Å². The molecule has 0 saturated carbocycles. The summed E-state index contributed by atoms with van der Waals surface area (Å²) in [4.78, 5) is 1.79. The predicted octanol–water partition coefficient (Wildman–Crippen LogP) is -3.04. The predicted molar refractivity (Wildman–Crippen MR) is 59.0 cm³/mol. The van der Waals surface area contributed by atoms with E-state index in [4.69, 9.17) is 32.8 Å². The SMILES string of the molecule is O=S(=O)(O)O.OCCN(CCO)CCO.[NaH]. The second-order valence-corrected chi connectivity index (χ2v) is 3.36. The summed E-state index contributed by atoms with van der Waals surface area (Å²) < 4.78 is 31.6. The van der Waals surface area contributed by atoms with Gasteiger partial charge in [0.25, 0.3) is 0 Å². The maximum absolute atomic E-state index is 8.74. The second-order valence-electron chi connectivity index (χ2n) is 2.46. The van der Waals surface area contributed by atoms with Crippen LogP contribution >= 0.6 is 0 Å². The van der Waals surface area contributed by atoms with Gasteiger partial charge in [-0.2, -0.15) is 8.42 Å². The number of hydrogen-bond donors (Lipinski definition) is 5. The molecule has 10 heteroatoms. The summed E-state index contributed by atoms with van der Waals surface area (Å²) in [6.45, 7) is 1.75. The van der Waals surface area contributed by atoms with Crippen molar-refractivity contribution in [3.05, 3.63) is 0 Å². The molecular formula is C6H18NNaO7S. The van der Waals surface area contributed by atoms with Crippen LogP contribution in [0.1, 0.15) is 0 Å². The van der Waals surface area contributed by atoms with Gasteiger partial charge in [-0.3, -0.25) is 14.0 Å². The zero-order valence-electron chi connectivity index (χ0n) is 8.15. The first-order chi connectivity index (χ1) is 6.85. The Bertz CT molecular complexity index is 201. The molecular weight excluding hydrogens is 253 g/mol. The molecule has 0 amide bonds. The third-order valence-corrected chi connectivity index (χ3v) is 1.25. The van der Waals surface area contributed by atoms with Crippen LogP contribution in [0, 0.1) is 0 Å². The van der Waals surface area contributed by atoms with E-state index in [1.165, 1.54) is 0 Å². The van der Waals surface area contributed by atoms with Crippen LogP contribution in [0.3, 0.4) is 0 Å². The van der Waals surface area contributed by atoms with E-state index in [1.807, 2.05) is 0 Å². The van der Waals surface area contributed by atoms with E-state index in [1.54, 1.807) is 4.90 Å². The molecule has 0 heterocycles. The second kappa shape index (κ2) is 13.8. The Morgan fingerprint density at radius 3 is 1.12 bits per heavy atom. The van der Waals surface area contributed by atoms with Crippen LogP contribution in [0.5, 0.6) is 0 Å². The average Bonchev–Trinajstić information content (AvgIpc) is 2.02. The van der Waals surface area contributed by atoms with Crippen molar-refractivity contribution >= 4 is 40.0 Å². The van der Waals surface area contributed by atoms with E-state index in [2.05, 4.69) is 0 Å². The van der Waals surface area contributed by atoms with Crippen LogP contribution < -0.4 is 0 Å². The Kier molecular flexibility index (Phi) is 18.9. The molecule has 5 N–H and O–H groups in total. The molecule has 0 aromatic rings. The zero-order chi connectivity index (χ0) is 12.3. The van der Waals surface area contributed by atoms with Crippen molar-refractivity contribution in [2.75, 3.05) is 39.5 Å². The summed E-state index contributed by atoms with van der Waals surface area (Å²) in [5.41, 5.74) is 0. The molecule has 0 aliphatic carbocycles. The first-order valence-corrected chi connectivity index (χ1v) is 5.49. The number of hydrogen-bond acceptors (Lipinski definition) is 6. The maximum atomic E-state index is 8.74. The van der Waals surface area contributed by atoms with Crippen LogP contribution in [-0.4, -0.2) is 107 Å². The van der Waals surface area contributed by atoms with E-state index in [9.17, 15) is 0 Å². The third kappa shape index (κ3) is 29.3. The first-order valence-electron chi connectivity index (χ1n) is 4.10. The van der Waals surface area contributed by atoms with Gasteiger partial charge in [-0.05, 0) is 0 Å². The molecule has 96 valence electrons. The van der Waals surface area contributed by atoms with Crippen molar-refractivity contribution < 1.29 is 32.8 Å². The number of aliphatic hydroxyl groups excluding tert-OH is 3. The summed E-state index contributed by atoms with van der Waals surface area (Å²) in [6, 6.07) is 0. The topological polar surface area (TPSA) is 139 Å². The Morgan fingerprint density at radius 1 is 0.812 bits per heavy atom. The van der Waals surface area contributed by atoms with E-state index in [-0.39, 0.29) is 49.4 Å². The molecule has 0 radical (unpaired) electrons. The minimum atomic E-state index is -4.67. The van der Waals surface area contributed by atoms with Crippen LogP contribution in [0.25, 0.3) is 0 Å². The molecule has 0 aliphatic rings. The molecule has 0 atom stereocenters. The van der Waals surface area contributed by atoms with Gasteiger partial charge in [0.15, 0.2) is 0 Å². The van der Waals surface area contributed by atoms with Crippen LogP contribution in [0.15, 0.2) is 0 Å².